The Balaban J connectivity index is 1.80. The summed E-state index contributed by atoms with van der Waals surface area (Å²) >= 11 is 0. The molecule has 2 aromatic rings. The Morgan fingerprint density at radius 2 is 1.93 bits per heavy atom. The minimum Gasteiger partial charge on any atom is -0.438 e. The smallest absolute Gasteiger partial charge is 0.243 e. The van der Waals surface area contributed by atoms with Gasteiger partial charge < -0.3 is 15.3 Å². The SMILES string of the molecule is CC(C)C(C(O)c1nc2ccccc2o1)N1CCC[C@H]1C(=O)NC(=O)[C@@H](N)C(C)C. The molecule has 4 N–H and O–H groups in total. The van der Waals surface area contributed by atoms with E-state index in [9.17, 15) is 14.7 Å². The number of aromatic nitrogens is 1. The van der Waals surface area contributed by atoms with Crippen molar-refractivity contribution in [1.29, 1.82) is 0 Å². The van der Waals surface area contributed by atoms with Crippen LogP contribution in [0.1, 0.15) is 52.5 Å². The van der Waals surface area contributed by atoms with E-state index >= 15 is 0 Å². The summed E-state index contributed by atoms with van der Waals surface area (Å²) < 4.78 is 5.78. The zero-order valence-corrected chi connectivity index (χ0v) is 18.0. The van der Waals surface area contributed by atoms with Crippen LogP contribution in [0.5, 0.6) is 0 Å². The molecule has 1 aliphatic heterocycles. The fraction of sp³-hybridized carbons (Fsp3) is 0.591. The van der Waals surface area contributed by atoms with Gasteiger partial charge in [-0.3, -0.25) is 19.8 Å². The number of carbonyl (C=O) groups is 2. The summed E-state index contributed by atoms with van der Waals surface area (Å²) in [5, 5.41) is 13.6. The lowest BCUT2D eigenvalue weighted by atomic mass is 9.95. The van der Waals surface area contributed by atoms with E-state index in [2.05, 4.69) is 10.3 Å². The molecule has 1 saturated heterocycles. The largest absolute Gasteiger partial charge is 0.438 e. The van der Waals surface area contributed by atoms with E-state index in [4.69, 9.17) is 10.2 Å². The summed E-state index contributed by atoms with van der Waals surface area (Å²) in [4.78, 5) is 31.5. The summed E-state index contributed by atoms with van der Waals surface area (Å²) in [7, 11) is 0. The number of hydrogen-bond acceptors (Lipinski definition) is 7. The molecule has 0 bridgehead atoms. The van der Waals surface area contributed by atoms with Gasteiger partial charge in [-0.15, -0.1) is 0 Å². The van der Waals surface area contributed by atoms with Crippen LogP contribution in [-0.4, -0.2) is 51.5 Å². The Hall–Kier alpha value is -2.29. The lowest BCUT2D eigenvalue weighted by Gasteiger charge is -2.37. The number of oxazole rings is 1. The Kier molecular flexibility index (Phi) is 6.90. The number of para-hydroxylation sites is 2. The normalized spacial score (nSPS) is 20.6. The molecule has 0 radical (unpaired) electrons. The fourth-order valence-corrected chi connectivity index (χ4v) is 4.11. The number of amides is 2. The van der Waals surface area contributed by atoms with Crippen molar-refractivity contribution in [1.82, 2.24) is 15.2 Å². The standard InChI is InChI=1S/C22H32N4O4/c1-12(2)17(23)21(29)25-20(28)15-9-7-11-26(15)18(13(3)4)19(27)22-24-14-8-5-6-10-16(14)30-22/h5-6,8,10,12-13,15,17-19,27H,7,9,11,23H2,1-4H3,(H,25,28,29)/t15-,17-,18?,19?/m0/s1. The highest BCUT2D eigenvalue weighted by Gasteiger charge is 2.42. The van der Waals surface area contributed by atoms with Gasteiger partial charge in [-0.25, -0.2) is 4.98 Å². The van der Waals surface area contributed by atoms with Crippen LogP contribution in [0, 0.1) is 11.8 Å². The second kappa shape index (κ2) is 9.24. The number of aliphatic hydroxyl groups is 1. The zero-order valence-electron chi connectivity index (χ0n) is 18.0. The average Bonchev–Trinajstić information content (AvgIpc) is 3.34. The third-order valence-corrected chi connectivity index (χ3v) is 5.82. The molecule has 1 aromatic heterocycles. The van der Waals surface area contributed by atoms with Gasteiger partial charge in [0.05, 0.1) is 12.1 Å². The van der Waals surface area contributed by atoms with Crippen molar-refractivity contribution in [3.05, 3.63) is 30.2 Å². The Labute approximate surface area is 176 Å². The number of nitrogens with zero attached hydrogens (tertiary/aromatic N) is 2. The van der Waals surface area contributed by atoms with Crippen LogP contribution in [-0.2, 0) is 9.59 Å². The monoisotopic (exact) mass is 416 g/mol. The van der Waals surface area contributed by atoms with Gasteiger partial charge >= 0.3 is 0 Å². The van der Waals surface area contributed by atoms with Gasteiger partial charge in [-0.1, -0.05) is 39.8 Å². The number of nitrogens with two attached hydrogens (primary N) is 1. The van der Waals surface area contributed by atoms with E-state index in [0.29, 0.717) is 24.1 Å². The summed E-state index contributed by atoms with van der Waals surface area (Å²) in [6.07, 6.45) is 0.408. The molecule has 8 heteroatoms. The molecule has 30 heavy (non-hydrogen) atoms. The first-order valence-electron chi connectivity index (χ1n) is 10.6. The fourth-order valence-electron chi connectivity index (χ4n) is 4.11. The maximum Gasteiger partial charge on any atom is 0.243 e. The highest BCUT2D eigenvalue weighted by Crippen LogP contribution is 2.33. The molecule has 1 fully saturated rings. The van der Waals surface area contributed by atoms with E-state index in [1.807, 2.05) is 50.8 Å². The van der Waals surface area contributed by atoms with Gasteiger partial charge in [0.25, 0.3) is 0 Å². The molecule has 2 amide bonds. The third kappa shape index (κ3) is 4.55. The van der Waals surface area contributed by atoms with Crippen LogP contribution < -0.4 is 11.1 Å². The molecule has 2 heterocycles. The van der Waals surface area contributed by atoms with Gasteiger partial charge in [-0.2, -0.15) is 0 Å². The first kappa shape index (κ1) is 22.4. The van der Waals surface area contributed by atoms with E-state index in [-0.39, 0.29) is 29.7 Å². The zero-order chi connectivity index (χ0) is 22.0. The van der Waals surface area contributed by atoms with Gasteiger partial charge in [0.2, 0.25) is 17.7 Å². The average molecular weight is 417 g/mol. The van der Waals surface area contributed by atoms with Crippen LogP contribution in [0.25, 0.3) is 11.1 Å². The van der Waals surface area contributed by atoms with E-state index in [1.165, 1.54) is 0 Å². The van der Waals surface area contributed by atoms with Crippen LogP contribution in [0.3, 0.4) is 0 Å². The van der Waals surface area contributed by atoms with E-state index < -0.39 is 24.1 Å². The first-order chi connectivity index (χ1) is 14.2. The Bertz CT molecular complexity index is 861. The van der Waals surface area contributed by atoms with Crippen molar-refractivity contribution in [3.8, 4) is 0 Å². The summed E-state index contributed by atoms with van der Waals surface area (Å²) in [6.45, 7) is 8.29. The number of rotatable bonds is 7. The van der Waals surface area contributed by atoms with E-state index in [0.717, 1.165) is 6.42 Å². The van der Waals surface area contributed by atoms with Gasteiger partial charge in [0, 0.05) is 6.04 Å². The molecule has 0 aliphatic carbocycles. The lowest BCUT2D eigenvalue weighted by molar-refractivity contribution is -0.135. The minimum absolute atomic E-state index is 0.0250. The second-order valence-electron chi connectivity index (χ2n) is 8.72. The number of fused-ring (bicyclic) bond motifs is 1. The van der Waals surface area contributed by atoms with Gasteiger partial charge in [0.1, 0.15) is 11.6 Å². The maximum absolute atomic E-state index is 12.9. The van der Waals surface area contributed by atoms with Gasteiger partial charge in [-0.05, 0) is 43.4 Å². The van der Waals surface area contributed by atoms with E-state index in [1.54, 1.807) is 6.07 Å². The minimum atomic E-state index is -1.00. The predicted octanol–water partition coefficient (Wildman–Crippen LogP) is 1.98. The van der Waals surface area contributed by atoms with Crippen LogP contribution in [0.15, 0.2) is 28.7 Å². The number of imide groups is 1. The topological polar surface area (TPSA) is 122 Å². The molecule has 4 atom stereocenters. The predicted molar refractivity (Wildman–Crippen MR) is 113 cm³/mol. The quantitative estimate of drug-likeness (QED) is 0.631. The highest BCUT2D eigenvalue weighted by atomic mass is 16.4. The summed E-state index contributed by atoms with van der Waals surface area (Å²) in [6, 6.07) is 5.71. The molecule has 1 aliphatic rings. The number of likely N-dealkylation sites (tertiary alicyclic amines) is 1. The van der Waals surface area contributed by atoms with Crippen molar-refractivity contribution in [2.75, 3.05) is 6.54 Å². The molecule has 2 unspecified atom stereocenters. The first-order valence-corrected chi connectivity index (χ1v) is 10.6. The van der Waals surface area contributed by atoms with Crippen molar-refractivity contribution in [2.45, 2.75) is 64.8 Å². The second-order valence-corrected chi connectivity index (χ2v) is 8.72. The number of nitrogens with one attached hydrogen (secondary N) is 1. The van der Waals surface area contributed by atoms with Crippen molar-refractivity contribution < 1.29 is 19.1 Å². The number of benzene rings is 1. The van der Waals surface area contributed by atoms with Crippen LogP contribution >= 0.6 is 0 Å². The number of carbonyl (C=O) groups excluding carboxylic acids is 2. The number of hydrogen-bond donors (Lipinski definition) is 3. The molecule has 164 valence electrons. The van der Waals surface area contributed by atoms with Crippen molar-refractivity contribution in [3.63, 3.8) is 0 Å². The molecule has 0 spiro atoms. The number of aliphatic hydroxyl groups excluding tert-OH is 1. The maximum atomic E-state index is 12.9. The molecular formula is C22H32N4O4. The van der Waals surface area contributed by atoms with Crippen LogP contribution in [0.2, 0.25) is 0 Å². The molecule has 8 nitrogen and oxygen atoms in total. The molecule has 3 rings (SSSR count). The van der Waals surface area contributed by atoms with Crippen LogP contribution in [0.4, 0.5) is 0 Å². The summed E-state index contributed by atoms with van der Waals surface area (Å²) in [5.41, 5.74) is 7.16. The Morgan fingerprint density at radius 1 is 1.23 bits per heavy atom. The summed E-state index contributed by atoms with van der Waals surface area (Å²) in [5.74, 6) is -0.649. The van der Waals surface area contributed by atoms with Crippen molar-refractivity contribution in [2.24, 2.45) is 17.6 Å². The third-order valence-electron chi connectivity index (χ3n) is 5.82. The molecule has 0 saturated carbocycles. The lowest BCUT2D eigenvalue weighted by Crippen LogP contribution is -2.55. The van der Waals surface area contributed by atoms with Gasteiger partial charge in [0.15, 0.2) is 5.58 Å². The van der Waals surface area contributed by atoms with Crippen molar-refractivity contribution >= 4 is 22.9 Å². The highest BCUT2D eigenvalue weighted by molar-refractivity contribution is 6.00. The molecular weight excluding hydrogens is 384 g/mol. The molecule has 1 aromatic carbocycles. The Morgan fingerprint density at radius 3 is 2.57 bits per heavy atom.